The molecule has 0 N–H and O–H groups in total. The predicted molar refractivity (Wildman–Crippen MR) is 79.4 cm³/mol. The molecule has 1 saturated heterocycles. The molecule has 1 aliphatic rings. The van der Waals surface area contributed by atoms with Gasteiger partial charge in [-0.15, -0.1) is 6.58 Å². The van der Waals surface area contributed by atoms with E-state index in [2.05, 4.69) is 27.4 Å². The van der Waals surface area contributed by atoms with Gasteiger partial charge < -0.3 is 4.52 Å². The van der Waals surface area contributed by atoms with Gasteiger partial charge in [-0.2, -0.15) is 0 Å². The van der Waals surface area contributed by atoms with Crippen molar-refractivity contribution in [2.24, 2.45) is 0 Å². The molecule has 1 aromatic carbocycles. The van der Waals surface area contributed by atoms with Gasteiger partial charge in [-0.25, -0.2) is 4.67 Å². The standard InChI is InChI=1S/C15H22NO2P/c1-5-11-19(17)16(12(2)3)13(4)15(18-19)14-9-7-6-8-10-14/h5-10,12-13,15H,1,11H2,2-4H3/t13-,15+,19-/m1/s1. The predicted octanol–water partition coefficient (Wildman–Crippen LogP) is 4.24. The summed E-state index contributed by atoms with van der Waals surface area (Å²) in [4.78, 5) is 0. The molecule has 0 saturated carbocycles. The van der Waals surface area contributed by atoms with Crippen molar-refractivity contribution in [3.8, 4) is 0 Å². The van der Waals surface area contributed by atoms with Gasteiger partial charge in [0.1, 0.15) is 6.10 Å². The Balaban J connectivity index is 2.36. The summed E-state index contributed by atoms with van der Waals surface area (Å²) in [6, 6.07) is 10.3. The molecular weight excluding hydrogens is 257 g/mol. The number of allylic oxidation sites excluding steroid dienone is 1. The first-order valence-corrected chi connectivity index (χ1v) is 8.48. The summed E-state index contributed by atoms with van der Waals surface area (Å²) in [5.41, 5.74) is 1.09. The third-order valence-corrected chi connectivity index (χ3v) is 6.31. The molecule has 3 nitrogen and oxygen atoms in total. The van der Waals surface area contributed by atoms with Crippen LogP contribution in [0.4, 0.5) is 0 Å². The van der Waals surface area contributed by atoms with Crippen molar-refractivity contribution in [3.05, 3.63) is 48.6 Å². The van der Waals surface area contributed by atoms with Crippen LogP contribution in [0, 0.1) is 0 Å². The molecule has 1 aromatic rings. The lowest BCUT2D eigenvalue weighted by Crippen LogP contribution is -2.33. The Morgan fingerprint density at radius 1 is 1.42 bits per heavy atom. The number of hydrogen-bond donors (Lipinski definition) is 0. The van der Waals surface area contributed by atoms with Crippen LogP contribution >= 0.6 is 7.52 Å². The van der Waals surface area contributed by atoms with Gasteiger partial charge in [0.2, 0.25) is 0 Å². The molecule has 1 aliphatic heterocycles. The highest BCUT2D eigenvalue weighted by Crippen LogP contribution is 2.63. The van der Waals surface area contributed by atoms with Gasteiger partial charge in [-0.1, -0.05) is 36.4 Å². The number of nitrogens with zero attached hydrogens (tertiary/aromatic N) is 1. The Morgan fingerprint density at radius 3 is 2.58 bits per heavy atom. The van der Waals surface area contributed by atoms with Crippen LogP contribution in [0.25, 0.3) is 0 Å². The number of benzene rings is 1. The van der Waals surface area contributed by atoms with Crippen molar-refractivity contribution in [1.82, 2.24) is 4.67 Å². The zero-order valence-electron chi connectivity index (χ0n) is 11.8. The molecule has 2 rings (SSSR count). The topological polar surface area (TPSA) is 29.5 Å². The maximum atomic E-state index is 13.0. The van der Waals surface area contributed by atoms with E-state index in [-0.39, 0.29) is 18.2 Å². The van der Waals surface area contributed by atoms with E-state index in [1.807, 2.05) is 35.0 Å². The average molecular weight is 279 g/mol. The number of rotatable bonds is 4. The highest BCUT2D eigenvalue weighted by atomic mass is 31.2. The van der Waals surface area contributed by atoms with Gasteiger partial charge in [-0.3, -0.25) is 4.57 Å². The summed E-state index contributed by atoms with van der Waals surface area (Å²) in [6.07, 6.45) is 1.96. The molecule has 0 bridgehead atoms. The van der Waals surface area contributed by atoms with Gasteiger partial charge in [0.25, 0.3) is 7.52 Å². The van der Waals surface area contributed by atoms with Gasteiger partial charge in [0.15, 0.2) is 0 Å². The van der Waals surface area contributed by atoms with Crippen LogP contribution in [0.2, 0.25) is 0 Å². The third-order valence-electron chi connectivity index (χ3n) is 3.50. The Bertz CT molecular complexity index is 486. The second-order valence-electron chi connectivity index (χ2n) is 5.26. The summed E-state index contributed by atoms with van der Waals surface area (Å²) >= 11 is 0. The fraction of sp³-hybridized carbons (Fsp3) is 0.467. The highest BCUT2D eigenvalue weighted by Gasteiger charge is 2.48. The van der Waals surface area contributed by atoms with E-state index < -0.39 is 7.52 Å². The molecule has 0 spiro atoms. The van der Waals surface area contributed by atoms with Gasteiger partial charge in [0, 0.05) is 12.1 Å². The van der Waals surface area contributed by atoms with Crippen molar-refractivity contribution in [1.29, 1.82) is 0 Å². The largest absolute Gasteiger partial charge is 0.307 e. The first kappa shape index (κ1) is 14.5. The lowest BCUT2D eigenvalue weighted by Gasteiger charge is -2.29. The molecular formula is C15H22NO2P. The maximum Gasteiger partial charge on any atom is 0.277 e. The summed E-state index contributed by atoms with van der Waals surface area (Å²) in [5.74, 6) is 0. The molecule has 104 valence electrons. The minimum atomic E-state index is -2.80. The van der Waals surface area contributed by atoms with Crippen LogP contribution in [0.1, 0.15) is 32.4 Å². The van der Waals surface area contributed by atoms with Gasteiger partial charge in [-0.05, 0) is 26.3 Å². The molecule has 0 aromatic heterocycles. The molecule has 1 heterocycles. The van der Waals surface area contributed by atoms with Crippen molar-refractivity contribution >= 4 is 7.52 Å². The molecule has 3 atom stereocenters. The average Bonchev–Trinajstić information content (AvgIpc) is 2.62. The molecule has 0 radical (unpaired) electrons. The van der Waals surface area contributed by atoms with E-state index in [9.17, 15) is 4.57 Å². The smallest absolute Gasteiger partial charge is 0.277 e. The van der Waals surface area contributed by atoms with E-state index in [0.29, 0.717) is 6.16 Å². The van der Waals surface area contributed by atoms with E-state index in [1.54, 1.807) is 6.08 Å². The summed E-state index contributed by atoms with van der Waals surface area (Å²) < 4.78 is 21.0. The van der Waals surface area contributed by atoms with E-state index >= 15 is 0 Å². The van der Waals surface area contributed by atoms with Crippen LogP contribution < -0.4 is 0 Å². The normalized spacial score (nSPS) is 31.8. The first-order chi connectivity index (χ1) is 8.99. The number of hydrogen-bond acceptors (Lipinski definition) is 2. The minimum absolute atomic E-state index is 0.105. The van der Waals surface area contributed by atoms with Crippen LogP contribution in [-0.4, -0.2) is 22.9 Å². The lowest BCUT2D eigenvalue weighted by atomic mass is 10.0. The van der Waals surface area contributed by atoms with E-state index in [1.165, 1.54) is 0 Å². The van der Waals surface area contributed by atoms with Crippen molar-refractivity contribution in [2.45, 2.75) is 39.0 Å². The molecule has 4 heteroatoms. The SMILES string of the molecule is C=CC[P@@]1(=O)O[C@H](c2ccccc2)[C@@H](C)N1C(C)C. The summed E-state index contributed by atoms with van der Waals surface area (Å²) in [6.45, 7) is 9.91. The quantitative estimate of drug-likeness (QED) is 0.610. The lowest BCUT2D eigenvalue weighted by molar-refractivity contribution is 0.197. The van der Waals surface area contributed by atoms with E-state index in [4.69, 9.17) is 4.52 Å². The zero-order valence-corrected chi connectivity index (χ0v) is 12.7. The fourth-order valence-corrected chi connectivity index (χ4v) is 5.58. The van der Waals surface area contributed by atoms with Crippen molar-refractivity contribution in [3.63, 3.8) is 0 Å². The molecule has 1 fully saturated rings. The van der Waals surface area contributed by atoms with Crippen molar-refractivity contribution in [2.75, 3.05) is 6.16 Å². The van der Waals surface area contributed by atoms with Gasteiger partial charge in [0.05, 0.1) is 6.16 Å². The molecule has 0 unspecified atom stereocenters. The Hall–Kier alpha value is -0.890. The van der Waals surface area contributed by atoms with Gasteiger partial charge >= 0.3 is 0 Å². The van der Waals surface area contributed by atoms with E-state index in [0.717, 1.165) is 5.56 Å². The Morgan fingerprint density at radius 2 is 2.05 bits per heavy atom. The highest BCUT2D eigenvalue weighted by molar-refractivity contribution is 7.57. The fourth-order valence-electron chi connectivity index (χ4n) is 2.84. The zero-order chi connectivity index (χ0) is 14.0. The summed E-state index contributed by atoms with van der Waals surface area (Å²) in [5, 5.41) is 0. The van der Waals surface area contributed by atoms with Crippen LogP contribution in [0.15, 0.2) is 43.0 Å². The third kappa shape index (κ3) is 2.69. The van der Waals surface area contributed by atoms with Crippen LogP contribution in [0.3, 0.4) is 0 Å². The maximum absolute atomic E-state index is 13.0. The summed E-state index contributed by atoms with van der Waals surface area (Å²) in [7, 11) is -2.80. The van der Waals surface area contributed by atoms with Crippen molar-refractivity contribution < 1.29 is 9.09 Å². The Kier molecular flexibility index (Phi) is 4.29. The Labute approximate surface area is 115 Å². The second-order valence-corrected chi connectivity index (χ2v) is 7.57. The second kappa shape index (κ2) is 5.62. The van der Waals surface area contributed by atoms with Crippen LogP contribution in [0.5, 0.6) is 0 Å². The minimum Gasteiger partial charge on any atom is -0.307 e. The molecule has 0 aliphatic carbocycles. The van der Waals surface area contributed by atoms with Crippen LogP contribution in [-0.2, 0) is 9.09 Å². The first-order valence-electron chi connectivity index (χ1n) is 6.71. The molecule has 19 heavy (non-hydrogen) atoms. The molecule has 0 amide bonds. The monoisotopic (exact) mass is 279 g/mol.